The molecule has 2 heterocycles. The van der Waals surface area contributed by atoms with E-state index in [2.05, 4.69) is 25.7 Å². The maximum atomic E-state index is 12.3. The number of anilines is 1. The predicted octanol–water partition coefficient (Wildman–Crippen LogP) is 1.66. The van der Waals surface area contributed by atoms with Gasteiger partial charge in [0.25, 0.3) is 5.91 Å². The highest BCUT2D eigenvalue weighted by Gasteiger charge is 2.19. The summed E-state index contributed by atoms with van der Waals surface area (Å²) in [4.78, 5) is 23.8. The van der Waals surface area contributed by atoms with Crippen LogP contribution in [0, 0.1) is 0 Å². The number of carbonyl (C=O) groups excluding carboxylic acids is 2. The maximum Gasteiger partial charge on any atom is 0.337 e. The zero-order valence-corrected chi connectivity index (χ0v) is 14.6. The fraction of sp³-hybridized carbons (Fsp3) is 0.375. The van der Waals surface area contributed by atoms with Crippen LogP contribution in [0.15, 0.2) is 30.5 Å². The van der Waals surface area contributed by atoms with E-state index in [4.69, 9.17) is 0 Å². The number of ether oxygens (including phenoxy) is 1. The minimum absolute atomic E-state index is 0. The molecule has 0 radical (unpaired) electrons. The van der Waals surface area contributed by atoms with Gasteiger partial charge in [-0.25, -0.2) is 9.48 Å². The number of hydrogen-bond acceptors (Lipinski definition) is 6. The summed E-state index contributed by atoms with van der Waals surface area (Å²) >= 11 is 0. The van der Waals surface area contributed by atoms with E-state index < -0.39 is 5.97 Å². The van der Waals surface area contributed by atoms with E-state index in [1.807, 2.05) is 0 Å². The van der Waals surface area contributed by atoms with Crippen LogP contribution in [-0.4, -0.2) is 47.1 Å². The van der Waals surface area contributed by atoms with E-state index in [1.165, 1.54) is 7.11 Å². The van der Waals surface area contributed by atoms with Gasteiger partial charge in [0.15, 0.2) is 5.69 Å². The van der Waals surface area contributed by atoms with Crippen molar-refractivity contribution in [3.05, 3.63) is 41.7 Å². The van der Waals surface area contributed by atoms with Crippen LogP contribution >= 0.6 is 12.4 Å². The Morgan fingerprint density at radius 3 is 2.80 bits per heavy atom. The molecular weight excluding hydrogens is 346 g/mol. The first-order valence-corrected chi connectivity index (χ1v) is 7.79. The Labute approximate surface area is 151 Å². The number of amides is 1. The molecule has 8 nitrogen and oxygen atoms in total. The van der Waals surface area contributed by atoms with Crippen LogP contribution in [0.1, 0.15) is 39.7 Å². The quantitative estimate of drug-likeness (QED) is 0.800. The molecule has 2 aromatic rings. The molecule has 9 heteroatoms. The van der Waals surface area contributed by atoms with Crippen LogP contribution in [0.4, 0.5) is 5.69 Å². The van der Waals surface area contributed by atoms with Gasteiger partial charge in [0.1, 0.15) is 0 Å². The molecule has 0 aliphatic carbocycles. The minimum atomic E-state index is -0.456. The smallest absolute Gasteiger partial charge is 0.337 e. The van der Waals surface area contributed by atoms with Gasteiger partial charge in [-0.2, -0.15) is 0 Å². The van der Waals surface area contributed by atoms with Gasteiger partial charge in [-0.1, -0.05) is 11.3 Å². The zero-order chi connectivity index (χ0) is 16.9. The molecule has 0 spiro atoms. The van der Waals surface area contributed by atoms with Crippen LogP contribution in [0.5, 0.6) is 0 Å². The van der Waals surface area contributed by atoms with Gasteiger partial charge >= 0.3 is 5.97 Å². The standard InChI is InChI=1S/C16H19N5O3.ClH/c1-24-16(23)11-3-2-4-12(9-11)18-15(22)14-10-21(20-19-14)13-5-7-17-8-6-13;/h2-4,9-10,13,17H,5-8H2,1H3,(H,18,22);1H. The summed E-state index contributed by atoms with van der Waals surface area (Å²) in [5, 5.41) is 14.0. The Bertz CT molecular complexity index is 743. The Morgan fingerprint density at radius 2 is 2.08 bits per heavy atom. The predicted molar refractivity (Wildman–Crippen MR) is 94.1 cm³/mol. The third kappa shape index (κ3) is 4.55. The van der Waals surface area contributed by atoms with Gasteiger partial charge in [-0.05, 0) is 44.1 Å². The highest BCUT2D eigenvalue weighted by molar-refractivity contribution is 6.03. The van der Waals surface area contributed by atoms with Crippen molar-refractivity contribution < 1.29 is 14.3 Å². The van der Waals surface area contributed by atoms with Gasteiger partial charge in [0, 0.05) is 5.69 Å². The monoisotopic (exact) mass is 365 g/mol. The lowest BCUT2D eigenvalue weighted by Gasteiger charge is -2.22. The van der Waals surface area contributed by atoms with Crippen LogP contribution in [0.2, 0.25) is 0 Å². The Kier molecular flexibility index (Phi) is 6.49. The number of nitrogens with zero attached hydrogens (tertiary/aromatic N) is 3. The van der Waals surface area contributed by atoms with E-state index in [0.717, 1.165) is 25.9 Å². The molecule has 25 heavy (non-hydrogen) atoms. The third-order valence-electron chi connectivity index (χ3n) is 3.97. The number of aromatic nitrogens is 3. The SMILES string of the molecule is COC(=O)c1cccc(NC(=O)c2cn(C3CCNCC3)nn2)c1.Cl. The van der Waals surface area contributed by atoms with E-state index in [0.29, 0.717) is 11.3 Å². The second-order valence-corrected chi connectivity index (χ2v) is 5.59. The number of carbonyl (C=O) groups is 2. The molecule has 134 valence electrons. The van der Waals surface area contributed by atoms with Gasteiger partial charge < -0.3 is 15.4 Å². The fourth-order valence-corrected chi connectivity index (χ4v) is 2.67. The Balaban J connectivity index is 0.00000225. The van der Waals surface area contributed by atoms with Crippen LogP contribution in [0.25, 0.3) is 0 Å². The topological polar surface area (TPSA) is 98.1 Å². The van der Waals surface area contributed by atoms with Crippen molar-refractivity contribution in [2.75, 3.05) is 25.5 Å². The summed E-state index contributed by atoms with van der Waals surface area (Å²) in [6.45, 7) is 1.87. The number of halogens is 1. The first-order valence-electron chi connectivity index (χ1n) is 7.79. The summed E-state index contributed by atoms with van der Waals surface area (Å²) in [6, 6.07) is 6.81. The maximum absolute atomic E-state index is 12.3. The summed E-state index contributed by atoms with van der Waals surface area (Å²) in [6.07, 6.45) is 3.59. The van der Waals surface area contributed by atoms with Crippen molar-refractivity contribution in [2.45, 2.75) is 18.9 Å². The van der Waals surface area contributed by atoms with Crippen LogP contribution in [0.3, 0.4) is 0 Å². The lowest BCUT2D eigenvalue weighted by atomic mass is 10.1. The molecule has 1 aliphatic heterocycles. The number of benzene rings is 1. The second-order valence-electron chi connectivity index (χ2n) is 5.59. The lowest BCUT2D eigenvalue weighted by Crippen LogP contribution is -2.29. The molecule has 1 fully saturated rings. The van der Waals surface area contributed by atoms with Gasteiger partial charge in [-0.15, -0.1) is 17.5 Å². The molecule has 1 aromatic carbocycles. The van der Waals surface area contributed by atoms with Crippen LogP contribution in [-0.2, 0) is 4.74 Å². The summed E-state index contributed by atoms with van der Waals surface area (Å²) < 4.78 is 6.42. The highest BCUT2D eigenvalue weighted by atomic mass is 35.5. The normalized spacial score (nSPS) is 14.4. The molecule has 1 saturated heterocycles. The summed E-state index contributed by atoms with van der Waals surface area (Å²) in [7, 11) is 1.31. The number of rotatable bonds is 4. The number of methoxy groups -OCH3 is 1. The Hall–Kier alpha value is -2.45. The van der Waals surface area contributed by atoms with Crippen molar-refractivity contribution in [1.29, 1.82) is 0 Å². The minimum Gasteiger partial charge on any atom is -0.465 e. The summed E-state index contributed by atoms with van der Waals surface area (Å²) in [5.41, 5.74) is 1.12. The Morgan fingerprint density at radius 1 is 1.32 bits per heavy atom. The van der Waals surface area contributed by atoms with E-state index in [-0.39, 0.29) is 30.0 Å². The number of esters is 1. The van der Waals surface area contributed by atoms with Crippen molar-refractivity contribution in [2.24, 2.45) is 0 Å². The summed E-state index contributed by atoms with van der Waals surface area (Å²) in [5.74, 6) is -0.819. The first kappa shape index (κ1) is 18.9. The van der Waals surface area contributed by atoms with Crippen molar-refractivity contribution in [3.63, 3.8) is 0 Å². The number of piperidine rings is 1. The molecular formula is C16H20ClN5O3. The van der Waals surface area contributed by atoms with Gasteiger partial charge in [-0.3, -0.25) is 4.79 Å². The molecule has 2 N–H and O–H groups in total. The molecule has 1 aliphatic rings. The molecule has 1 aromatic heterocycles. The molecule has 0 bridgehead atoms. The molecule has 0 saturated carbocycles. The van der Waals surface area contributed by atoms with E-state index in [1.54, 1.807) is 35.1 Å². The van der Waals surface area contributed by atoms with Crippen LogP contribution < -0.4 is 10.6 Å². The van der Waals surface area contributed by atoms with Gasteiger partial charge in [0.05, 0.1) is 24.9 Å². The van der Waals surface area contributed by atoms with E-state index in [9.17, 15) is 9.59 Å². The largest absolute Gasteiger partial charge is 0.465 e. The lowest BCUT2D eigenvalue weighted by molar-refractivity contribution is 0.0600. The van der Waals surface area contributed by atoms with Gasteiger partial charge in [0.2, 0.25) is 0 Å². The van der Waals surface area contributed by atoms with Crippen molar-refractivity contribution in [1.82, 2.24) is 20.3 Å². The van der Waals surface area contributed by atoms with Crippen molar-refractivity contribution >= 4 is 30.0 Å². The average Bonchev–Trinajstić information content (AvgIpc) is 3.12. The number of nitrogens with one attached hydrogen (secondary N) is 2. The molecule has 1 amide bonds. The molecule has 0 unspecified atom stereocenters. The third-order valence-corrected chi connectivity index (χ3v) is 3.97. The molecule has 0 atom stereocenters. The van der Waals surface area contributed by atoms with Crippen molar-refractivity contribution in [3.8, 4) is 0 Å². The number of hydrogen-bond donors (Lipinski definition) is 2. The fourth-order valence-electron chi connectivity index (χ4n) is 2.67. The first-order chi connectivity index (χ1) is 11.7. The highest BCUT2D eigenvalue weighted by Crippen LogP contribution is 2.18. The second kappa shape index (κ2) is 8.59. The average molecular weight is 366 g/mol. The molecule has 3 rings (SSSR count). The van der Waals surface area contributed by atoms with E-state index >= 15 is 0 Å². The zero-order valence-electron chi connectivity index (χ0n) is 13.8.